The smallest absolute Gasteiger partial charge is 0.291 e. The van der Waals surface area contributed by atoms with Crippen LogP contribution in [0.3, 0.4) is 0 Å². The first-order valence-corrected chi connectivity index (χ1v) is 7.34. The molecule has 0 spiro atoms. The molecule has 1 unspecified atom stereocenters. The molecule has 0 aliphatic heterocycles. The Kier molecular flexibility index (Phi) is 4.29. The predicted molar refractivity (Wildman–Crippen MR) is 83.9 cm³/mol. The van der Waals surface area contributed by atoms with E-state index in [9.17, 15) is 9.90 Å². The van der Waals surface area contributed by atoms with Gasteiger partial charge < -0.3 is 10.4 Å². The zero-order chi connectivity index (χ0) is 16.2. The zero-order valence-corrected chi connectivity index (χ0v) is 12.7. The number of carbonyl (C=O) groups excluding carboxylic acids is 1. The van der Waals surface area contributed by atoms with Crippen molar-refractivity contribution in [2.75, 3.05) is 6.61 Å². The third-order valence-corrected chi connectivity index (χ3v) is 3.56. The Balaban J connectivity index is 1.84. The predicted octanol–water partition coefficient (Wildman–Crippen LogP) is 1.29. The number of fused-ring (bicyclic) bond motifs is 1. The second-order valence-electron chi connectivity index (χ2n) is 5.18. The third kappa shape index (κ3) is 3.19. The Hall–Kier alpha value is -2.80. The topological polar surface area (TPSA) is 92.4 Å². The average Bonchev–Trinajstić information content (AvgIpc) is 3.01. The fourth-order valence-electron chi connectivity index (χ4n) is 2.36. The Morgan fingerprint density at radius 2 is 2.09 bits per heavy atom. The van der Waals surface area contributed by atoms with Crippen molar-refractivity contribution < 1.29 is 9.90 Å². The molecule has 0 fully saturated rings. The number of hydrogen-bond donors (Lipinski definition) is 2. The summed E-state index contributed by atoms with van der Waals surface area (Å²) in [5.74, 6) is 0.0523. The fourth-order valence-corrected chi connectivity index (χ4v) is 2.36. The molecule has 0 saturated heterocycles. The summed E-state index contributed by atoms with van der Waals surface area (Å²) in [5, 5.41) is 16.3. The van der Waals surface area contributed by atoms with E-state index in [-0.39, 0.29) is 18.5 Å². The van der Waals surface area contributed by atoms with Gasteiger partial charge in [-0.2, -0.15) is 4.98 Å². The first kappa shape index (κ1) is 15.1. The fraction of sp³-hybridized carbons (Fsp3) is 0.250. The second kappa shape index (κ2) is 6.53. The lowest BCUT2D eigenvalue weighted by molar-refractivity contribution is 0.0919. The number of aliphatic hydroxyl groups excluding tert-OH is 1. The Morgan fingerprint density at radius 3 is 2.78 bits per heavy atom. The van der Waals surface area contributed by atoms with Crippen LogP contribution in [0, 0.1) is 6.92 Å². The molecule has 0 aliphatic carbocycles. The van der Waals surface area contributed by atoms with Crippen LogP contribution in [-0.4, -0.2) is 37.2 Å². The van der Waals surface area contributed by atoms with Gasteiger partial charge in [-0.05, 0) is 25.0 Å². The average molecular weight is 311 g/mol. The minimum absolute atomic E-state index is 0.0287. The summed E-state index contributed by atoms with van der Waals surface area (Å²) in [7, 11) is 0. The molecule has 0 bridgehead atoms. The van der Waals surface area contributed by atoms with Crippen molar-refractivity contribution in [2.24, 2.45) is 0 Å². The van der Waals surface area contributed by atoms with Crippen molar-refractivity contribution in [3.63, 3.8) is 0 Å². The van der Waals surface area contributed by atoms with Crippen molar-refractivity contribution in [3.05, 3.63) is 59.7 Å². The number of nitrogens with one attached hydrogen (secondary N) is 1. The SMILES string of the molecule is Cc1ccnc2nc(C(=O)NC(CCO)c3ccccc3)nn12. The van der Waals surface area contributed by atoms with E-state index in [4.69, 9.17) is 0 Å². The maximum absolute atomic E-state index is 12.4. The molecular weight excluding hydrogens is 294 g/mol. The minimum Gasteiger partial charge on any atom is -0.396 e. The zero-order valence-electron chi connectivity index (χ0n) is 12.7. The van der Waals surface area contributed by atoms with Crippen LogP contribution in [0.1, 0.15) is 34.3 Å². The van der Waals surface area contributed by atoms with Gasteiger partial charge in [-0.3, -0.25) is 4.79 Å². The maximum Gasteiger partial charge on any atom is 0.291 e. The molecule has 0 saturated carbocycles. The quantitative estimate of drug-likeness (QED) is 0.740. The summed E-state index contributed by atoms with van der Waals surface area (Å²) in [6.45, 7) is 1.84. The standard InChI is InChI=1S/C16H17N5O2/c1-11-7-9-17-16-19-14(20-21(11)16)15(23)18-13(8-10-22)12-5-3-2-4-6-12/h2-7,9,13,22H,8,10H2,1H3,(H,18,23). The van der Waals surface area contributed by atoms with Gasteiger partial charge in [0.15, 0.2) is 0 Å². The van der Waals surface area contributed by atoms with Gasteiger partial charge in [0.25, 0.3) is 11.7 Å². The molecule has 118 valence electrons. The molecule has 3 rings (SSSR count). The van der Waals surface area contributed by atoms with Gasteiger partial charge in [0.1, 0.15) is 0 Å². The summed E-state index contributed by atoms with van der Waals surface area (Å²) in [5.41, 5.74) is 1.77. The lowest BCUT2D eigenvalue weighted by Gasteiger charge is -2.17. The van der Waals surface area contributed by atoms with Gasteiger partial charge in [-0.1, -0.05) is 30.3 Å². The van der Waals surface area contributed by atoms with E-state index in [1.807, 2.05) is 37.3 Å². The Labute approximate surface area is 133 Å². The molecule has 0 radical (unpaired) electrons. The highest BCUT2D eigenvalue weighted by Gasteiger charge is 2.19. The first-order chi connectivity index (χ1) is 11.2. The number of nitrogens with zero attached hydrogens (tertiary/aromatic N) is 4. The lowest BCUT2D eigenvalue weighted by atomic mass is 10.0. The number of aliphatic hydroxyl groups is 1. The van der Waals surface area contributed by atoms with E-state index in [0.717, 1.165) is 11.3 Å². The van der Waals surface area contributed by atoms with Crippen LogP contribution in [-0.2, 0) is 0 Å². The van der Waals surface area contributed by atoms with Crippen LogP contribution in [0.15, 0.2) is 42.6 Å². The van der Waals surface area contributed by atoms with E-state index >= 15 is 0 Å². The largest absolute Gasteiger partial charge is 0.396 e. The van der Waals surface area contributed by atoms with Crippen LogP contribution < -0.4 is 5.32 Å². The number of hydrogen-bond acceptors (Lipinski definition) is 5. The van der Waals surface area contributed by atoms with Gasteiger partial charge in [0.05, 0.1) is 6.04 Å². The van der Waals surface area contributed by atoms with Crippen molar-refractivity contribution in [3.8, 4) is 0 Å². The van der Waals surface area contributed by atoms with Gasteiger partial charge in [0.2, 0.25) is 5.82 Å². The number of aryl methyl sites for hydroxylation is 1. The lowest BCUT2D eigenvalue weighted by Crippen LogP contribution is -2.30. The summed E-state index contributed by atoms with van der Waals surface area (Å²) in [6, 6.07) is 11.0. The van der Waals surface area contributed by atoms with Crippen molar-refractivity contribution in [2.45, 2.75) is 19.4 Å². The summed E-state index contributed by atoms with van der Waals surface area (Å²) >= 11 is 0. The first-order valence-electron chi connectivity index (χ1n) is 7.34. The second-order valence-corrected chi connectivity index (χ2v) is 5.18. The summed E-state index contributed by atoms with van der Waals surface area (Å²) < 4.78 is 1.53. The van der Waals surface area contributed by atoms with E-state index in [2.05, 4.69) is 20.4 Å². The van der Waals surface area contributed by atoms with Crippen molar-refractivity contribution in [1.29, 1.82) is 0 Å². The van der Waals surface area contributed by atoms with Crippen molar-refractivity contribution in [1.82, 2.24) is 24.9 Å². The summed E-state index contributed by atoms with van der Waals surface area (Å²) in [4.78, 5) is 20.7. The van der Waals surface area contributed by atoms with Crippen molar-refractivity contribution >= 4 is 11.7 Å². The number of carbonyl (C=O) groups is 1. The Morgan fingerprint density at radius 1 is 1.30 bits per heavy atom. The molecule has 3 aromatic rings. The van der Waals surface area contributed by atoms with Crippen LogP contribution in [0.4, 0.5) is 0 Å². The van der Waals surface area contributed by atoms with E-state index in [1.165, 1.54) is 4.52 Å². The normalized spacial score (nSPS) is 12.3. The molecule has 0 aliphatic rings. The maximum atomic E-state index is 12.4. The van der Waals surface area contributed by atoms with Crippen LogP contribution >= 0.6 is 0 Å². The Bertz CT molecular complexity index is 816. The molecule has 1 amide bonds. The highest BCUT2D eigenvalue weighted by Crippen LogP contribution is 2.16. The van der Waals surface area contributed by atoms with Crippen LogP contribution in [0.2, 0.25) is 0 Å². The highest BCUT2D eigenvalue weighted by molar-refractivity contribution is 5.91. The van der Waals surface area contributed by atoms with Crippen LogP contribution in [0.25, 0.3) is 5.78 Å². The molecule has 23 heavy (non-hydrogen) atoms. The van der Waals surface area contributed by atoms with Gasteiger partial charge in [0, 0.05) is 18.5 Å². The molecule has 2 heterocycles. The van der Waals surface area contributed by atoms with E-state index in [1.54, 1.807) is 12.3 Å². The molecule has 2 aromatic heterocycles. The molecule has 7 nitrogen and oxygen atoms in total. The van der Waals surface area contributed by atoms with Crippen LogP contribution in [0.5, 0.6) is 0 Å². The molecule has 1 aromatic carbocycles. The number of benzene rings is 1. The van der Waals surface area contributed by atoms with Gasteiger partial charge >= 0.3 is 0 Å². The summed E-state index contributed by atoms with van der Waals surface area (Å²) in [6.07, 6.45) is 2.04. The molecule has 2 N–H and O–H groups in total. The number of amides is 1. The molecule has 1 atom stereocenters. The molecule has 7 heteroatoms. The van der Waals surface area contributed by atoms with E-state index in [0.29, 0.717) is 12.2 Å². The van der Waals surface area contributed by atoms with Gasteiger partial charge in [-0.15, -0.1) is 5.10 Å². The van der Waals surface area contributed by atoms with E-state index < -0.39 is 5.91 Å². The molecular formula is C16H17N5O2. The number of rotatable bonds is 5. The number of aromatic nitrogens is 4. The third-order valence-electron chi connectivity index (χ3n) is 3.56. The monoisotopic (exact) mass is 311 g/mol. The highest BCUT2D eigenvalue weighted by atomic mass is 16.3. The van der Waals surface area contributed by atoms with Gasteiger partial charge in [-0.25, -0.2) is 9.50 Å². The minimum atomic E-state index is -0.391.